The first-order valence-corrected chi connectivity index (χ1v) is 6.03. The first kappa shape index (κ1) is 10.4. The minimum atomic E-state index is 0.768. The number of piperazine rings is 1. The third-order valence-corrected chi connectivity index (χ3v) is 3.74. The molecule has 2 aliphatic heterocycles. The molecule has 0 saturated carbocycles. The summed E-state index contributed by atoms with van der Waals surface area (Å²) in [7, 11) is 0. The summed E-state index contributed by atoms with van der Waals surface area (Å²) < 4.78 is 0. The molecule has 2 rings (SSSR count). The predicted molar refractivity (Wildman–Crippen MR) is 59.5 cm³/mol. The Morgan fingerprint density at radius 1 is 1.14 bits per heavy atom. The van der Waals surface area contributed by atoms with Gasteiger partial charge in [0.15, 0.2) is 0 Å². The second kappa shape index (κ2) is 5.10. The Labute approximate surface area is 87.2 Å². The van der Waals surface area contributed by atoms with Crippen molar-refractivity contribution in [3.05, 3.63) is 0 Å². The second-order valence-electron chi connectivity index (χ2n) is 4.63. The standard InChI is InChI=1S/C11H23N3/c1-10(11-3-2-4-13-9-11)14-7-5-12-6-8-14/h10-13H,2-9H2,1H3. The van der Waals surface area contributed by atoms with Crippen LogP contribution < -0.4 is 10.6 Å². The molecule has 0 amide bonds. The average molecular weight is 197 g/mol. The van der Waals surface area contributed by atoms with Gasteiger partial charge in [-0.1, -0.05) is 0 Å². The third-order valence-electron chi connectivity index (χ3n) is 3.74. The van der Waals surface area contributed by atoms with Crippen molar-refractivity contribution in [1.29, 1.82) is 0 Å². The van der Waals surface area contributed by atoms with Gasteiger partial charge in [-0.15, -0.1) is 0 Å². The molecule has 2 heterocycles. The van der Waals surface area contributed by atoms with Gasteiger partial charge in [-0.3, -0.25) is 4.90 Å². The van der Waals surface area contributed by atoms with Crippen LogP contribution in [0.15, 0.2) is 0 Å². The van der Waals surface area contributed by atoms with E-state index in [2.05, 4.69) is 22.5 Å². The lowest BCUT2D eigenvalue weighted by molar-refractivity contribution is 0.122. The van der Waals surface area contributed by atoms with Crippen LogP contribution >= 0.6 is 0 Å². The minimum Gasteiger partial charge on any atom is -0.316 e. The van der Waals surface area contributed by atoms with Crippen LogP contribution in [0.1, 0.15) is 19.8 Å². The lowest BCUT2D eigenvalue weighted by atomic mass is 9.91. The van der Waals surface area contributed by atoms with E-state index in [0.29, 0.717) is 0 Å². The van der Waals surface area contributed by atoms with Crippen molar-refractivity contribution in [2.45, 2.75) is 25.8 Å². The predicted octanol–water partition coefficient (Wildman–Crippen LogP) is 0.280. The van der Waals surface area contributed by atoms with E-state index in [0.717, 1.165) is 12.0 Å². The van der Waals surface area contributed by atoms with Gasteiger partial charge in [0.25, 0.3) is 0 Å². The van der Waals surface area contributed by atoms with Gasteiger partial charge in [0.2, 0.25) is 0 Å². The molecule has 14 heavy (non-hydrogen) atoms. The summed E-state index contributed by atoms with van der Waals surface area (Å²) in [6.45, 7) is 9.67. The van der Waals surface area contributed by atoms with E-state index in [-0.39, 0.29) is 0 Å². The van der Waals surface area contributed by atoms with Gasteiger partial charge >= 0.3 is 0 Å². The maximum Gasteiger partial charge on any atom is 0.0110 e. The van der Waals surface area contributed by atoms with Crippen molar-refractivity contribution in [2.75, 3.05) is 39.3 Å². The van der Waals surface area contributed by atoms with Gasteiger partial charge in [-0.25, -0.2) is 0 Å². The normalized spacial score (nSPS) is 32.8. The van der Waals surface area contributed by atoms with Gasteiger partial charge in [0.05, 0.1) is 0 Å². The summed E-state index contributed by atoms with van der Waals surface area (Å²) in [5, 5.41) is 6.93. The number of hydrogen-bond donors (Lipinski definition) is 2. The monoisotopic (exact) mass is 197 g/mol. The first-order valence-electron chi connectivity index (χ1n) is 6.03. The van der Waals surface area contributed by atoms with Crippen molar-refractivity contribution in [1.82, 2.24) is 15.5 Å². The molecular weight excluding hydrogens is 174 g/mol. The zero-order valence-electron chi connectivity index (χ0n) is 9.26. The Kier molecular flexibility index (Phi) is 3.79. The number of hydrogen-bond acceptors (Lipinski definition) is 3. The van der Waals surface area contributed by atoms with Crippen molar-refractivity contribution in [3.63, 3.8) is 0 Å². The van der Waals surface area contributed by atoms with Crippen molar-refractivity contribution < 1.29 is 0 Å². The number of nitrogens with one attached hydrogen (secondary N) is 2. The summed E-state index contributed by atoms with van der Waals surface area (Å²) in [6.07, 6.45) is 2.78. The SMILES string of the molecule is CC(C1CCCNC1)N1CCNCC1. The molecule has 0 aromatic heterocycles. The lowest BCUT2D eigenvalue weighted by Crippen LogP contribution is -2.52. The van der Waals surface area contributed by atoms with E-state index in [1.807, 2.05) is 0 Å². The molecule has 2 saturated heterocycles. The van der Waals surface area contributed by atoms with E-state index >= 15 is 0 Å². The Balaban J connectivity index is 1.82. The van der Waals surface area contributed by atoms with Crippen LogP contribution in [0.4, 0.5) is 0 Å². The highest BCUT2D eigenvalue weighted by atomic mass is 15.2. The van der Waals surface area contributed by atoms with Crippen molar-refractivity contribution in [2.24, 2.45) is 5.92 Å². The maximum absolute atomic E-state index is 3.51. The molecule has 0 aromatic carbocycles. The Morgan fingerprint density at radius 3 is 2.57 bits per heavy atom. The molecule has 0 aliphatic carbocycles. The van der Waals surface area contributed by atoms with Gasteiger partial charge in [0, 0.05) is 32.2 Å². The molecule has 82 valence electrons. The molecule has 2 N–H and O–H groups in total. The molecule has 2 aliphatic rings. The molecule has 2 fully saturated rings. The van der Waals surface area contributed by atoms with Crippen LogP contribution in [0.2, 0.25) is 0 Å². The topological polar surface area (TPSA) is 27.3 Å². The highest BCUT2D eigenvalue weighted by Crippen LogP contribution is 2.19. The minimum absolute atomic E-state index is 0.768. The fourth-order valence-corrected chi connectivity index (χ4v) is 2.68. The van der Waals surface area contributed by atoms with Gasteiger partial charge in [-0.2, -0.15) is 0 Å². The molecule has 2 atom stereocenters. The molecule has 3 heteroatoms. The molecule has 0 aromatic rings. The number of piperidine rings is 1. The van der Waals surface area contributed by atoms with Crippen LogP contribution in [0.5, 0.6) is 0 Å². The third kappa shape index (κ3) is 2.47. The molecule has 0 radical (unpaired) electrons. The van der Waals surface area contributed by atoms with Crippen molar-refractivity contribution in [3.8, 4) is 0 Å². The molecule has 0 bridgehead atoms. The molecule has 2 unspecified atom stereocenters. The zero-order valence-corrected chi connectivity index (χ0v) is 9.26. The van der Waals surface area contributed by atoms with Crippen LogP contribution in [-0.4, -0.2) is 50.2 Å². The second-order valence-corrected chi connectivity index (χ2v) is 4.63. The molecular formula is C11H23N3. The Morgan fingerprint density at radius 2 is 1.93 bits per heavy atom. The molecule has 3 nitrogen and oxygen atoms in total. The summed E-state index contributed by atoms with van der Waals surface area (Å²) in [6, 6.07) is 0.768. The van der Waals surface area contributed by atoms with Gasteiger partial charge in [0.1, 0.15) is 0 Å². The Bertz CT molecular complexity index is 142. The lowest BCUT2D eigenvalue weighted by Gasteiger charge is -2.39. The summed E-state index contributed by atoms with van der Waals surface area (Å²) >= 11 is 0. The van der Waals surface area contributed by atoms with E-state index < -0.39 is 0 Å². The number of rotatable bonds is 2. The zero-order chi connectivity index (χ0) is 9.80. The van der Waals surface area contributed by atoms with E-state index in [4.69, 9.17) is 0 Å². The van der Waals surface area contributed by atoms with Crippen LogP contribution in [0.25, 0.3) is 0 Å². The van der Waals surface area contributed by atoms with E-state index in [9.17, 15) is 0 Å². The highest BCUT2D eigenvalue weighted by Gasteiger charge is 2.25. The largest absolute Gasteiger partial charge is 0.316 e. The smallest absolute Gasteiger partial charge is 0.0110 e. The van der Waals surface area contributed by atoms with Crippen molar-refractivity contribution >= 4 is 0 Å². The quantitative estimate of drug-likeness (QED) is 0.666. The van der Waals surface area contributed by atoms with Gasteiger partial charge < -0.3 is 10.6 Å². The average Bonchev–Trinajstić information content (AvgIpc) is 2.30. The summed E-state index contributed by atoms with van der Waals surface area (Å²) in [5.74, 6) is 0.877. The fraction of sp³-hybridized carbons (Fsp3) is 1.00. The number of nitrogens with zero attached hydrogens (tertiary/aromatic N) is 1. The highest BCUT2D eigenvalue weighted by molar-refractivity contribution is 4.82. The van der Waals surface area contributed by atoms with E-state index in [1.54, 1.807) is 0 Å². The van der Waals surface area contributed by atoms with E-state index in [1.165, 1.54) is 52.1 Å². The summed E-state index contributed by atoms with van der Waals surface area (Å²) in [4.78, 5) is 2.65. The summed E-state index contributed by atoms with van der Waals surface area (Å²) in [5.41, 5.74) is 0. The van der Waals surface area contributed by atoms with Crippen LogP contribution in [0, 0.1) is 5.92 Å². The maximum atomic E-state index is 3.51. The van der Waals surface area contributed by atoms with Crippen LogP contribution in [-0.2, 0) is 0 Å². The van der Waals surface area contributed by atoms with Crippen LogP contribution in [0.3, 0.4) is 0 Å². The first-order chi connectivity index (χ1) is 6.88. The Hall–Kier alpha value is -0.120. The fourth-order valence-electron chi connectivity index (χ4n) is 2.68. The van der Waals surface area contributed by atoms with Gasteiger partial charge in [-0.05, 0) is 38.8 Å². The molecule has 0 spiro atoms.